The fraction of sp³-hybridized carbons (Fsp3) is 0.217. The number of carbonyl (C=O) groups is 1. The summed E-state index contributed by atoms with van der Waals surface area (Å²) in [5.41, 5.74) is -0.0504. The molecule has 0 spiro atoms. The summed E-state index contributed by atoms with van der Waals surface area (Å²) in [6.07, 6.45) is 1.17. The van der Waals surface area contributed by atoms with E-state index in [1.807, 2.05) is 17.5 Å². The van der Waals surface area contributed by atoms with Crippen LogP contribution in [0.5, 0.6) is 11.6 Å². The molecule has 0 saturated heterocycles. The molecule has 1 N–H and O–H groups in total. The number of benzene rings is 1. The molecule has 36 heavy (non-hydrogen) atoms. The Hall–Kier alpha value is -3.71. The van der Waals surface area contributed by atoms with Gasteiger partial charge in [0.25, 0.3) is 5.91 Å². The Morgan fingerprint density at radius 3 is 2.94 bits per heavy atom. The van der Waals surface area contributed by atoms with Gasteiger partial charge in [0.15, 0.2) is 11.6 Å². The number of pyridine rings is 2. The molecule has 0 fully saturated rings. The standard InChI is InChI=1S/C23H18F2N4O5S2/c1-33-23-15(11-35-29-23)17-3-2-12-9-26-14(8-18(12)28-17)10-27-22(30)13-6-16(24)21-19(7-13)36(31,32)20(25)4-5-34-21/h2-3,6-9,11,20H,4-5,10H2,1H3,(H,27,30)/t20-/m1/s1. The molecule has 5 rings (SSSR count). The van der Waals surface area contributed by atoms with Crippen molar-refractivity contribution in [2.45, 2.75) is 23.4 Å². The minimum absolute atomic E-state index is 0.0439. The van der Waals surface area contributed by atoms with E-state index in [2.05, 4.69) is 19.7 Å². The van der Waals surface area contributed by atoms with E-state index in [1.54, 1.807) is 12.3 Å². The predicted octanol–water partition coefficient (Wildman–Crippen LogP) is 3.68. The first-order valence-corrected chi connectivity index (χ1v) is 13.0. The number of amides is 1. The molecule has 4 aromatic rings. The third-order valence-corrected chi connectivity index (χ3v) is 8.01. The maximum Gasteiger partial charge on any atom is 0.251 e. The molecule has 186 valence electrons. The largest absolute Gasteiger partial charge is 0.489 e. The highest BCUT2D eigenvalue weighted by atomic mass is 32.2. The lowest BCUT2D eigenvalue weighted by Gasteiger charge is -2.12. The molecule has 4 heterocycles. The molecule has 1 aromatic carbocycles. The monoisotopic (exact) mass is 532 g/mol. The highest BCUT2D eigenvalue weighted by Gasteiger charge is 2.35. The summed E-state index contributed by atoms with van der Waals surface area (Å²) in [5.74, 6) is -1.94. The summed E-state index contributed by atoms with van der Waals surface area (Å²) >= 11 is 1.25. The van der Waals surface area contributed by atoms with Gasteiger partial charge in [0.2, 0.25) is 21.2 Å². The third kappa shape index (κ3) is 4.35. The summed E-state index contributed by atoms with van der Waals surface area (Å²) in [5, 5.41) is 5.17. The van der Waals surface area contributed by atoms with Gasteiger partial charge in [0, 0.05) is 28.9 Å². The minimum Gasteiger partial charge on any atom is -0.489 e. The Bertz CT molecular complexity index is 1590. The number of halogens is 2. The van der Waals surface area contributed by atoms with Crippen LogP contribution in [0.1, 0.15) is 22.5 Å². The molecule has 1 aliphatic heterocycles. The predicted molar refractivity (Wildman–Crippen MR) is 127 cm³/mol. The quantitative estimate of drug-likeness (QED) is 0.413. The second-order valence-electron chi connectivity index (χ2n) is 7.86. The second-order valence-corrected chi connectivity index (χ2v) is 10.5. The number of rotatable bonds is 5. The van der Waals surface area contributed by atoms with Crippen LogP contribution in [0.25, 0.3) is 22.2 Å². The molecule has 0 saturated carbocycles. The lowest BCUT2D eigenvalue weighted by molar-refractivity contribution is 0.0949. The number of aromatic nitrogens is 3. The SMILES string of the molecule is COc1nscc1-c1ccc2cnc(CNC(=O)c3cc(F)c4c(c3)S(=O)(=O)[C@@H](F)CCO4)cc2n1. The van der Waals surface area contributed by atoms with Crippen molar-refractivity contribution < 1.29 is 31.5 Å². The van der Waals surface area contributed by atoms with E-state index in [-0.39, 0.29) is 18.7 Å². The number of methoxy groups -OCH3 is 1. The fourth-order valence-electron chi connectivity index (χ4n) is 3.72. The zero-order valence-corrected chi connectivity index (χ0v) is 20.3. The van der Waals surface area contributed by atoms with Crippen LogP contribution in [-0.4, -0.2) is 47.9 Å². The highest BCUT2D eigenvalue weighted by molar-refractivity contribution is 7.92. The minimum atomic E-state index is -4.50. The summed E-state index contributed by atoms with van der Waals surface area (Å²) < 4.78 is 68.0. The van der Waals surface area contributed by atoms with Crippen molar-refractivity contribution in [2.75, 3.05) is 13.7 Å². The lowest BCUT2D eigenvalue weighted by atomic mass is 10.1. The van der Waals surface area contributed by atoms with Crippen molar-refractivity contribution in [3.05, 3.63) is 59.0 Å². The van der Waals surface area contributed by atoms with Crippen molar-refractivity contribution in [1.29, 1.82) is 0 Å². The Kier molecular flexibility index (Phi) is 6.26. The van der Waals surface area contributed by atoms with Crippen molar-refractivity contribution in [3.63, 3.8) is 0 Å². The topological polar surface area (TPSA) is 120 Å². The summed E-state index contributed by atoms with van der Waals surface area (Å²) in [6, 6.07) is 7.14. The van der Waals surface area contributed by atoms with Gasteiger partial charge in [-0.25, -0.2) is 22.2 Å². The molecule has 13 heteroatoms. The molecule has 0 aliphatic carbocycles. The van der Waals surface area contributed by atoms with Gasteiger partial charge in [-0.3, -0.25) is 9.78 Å². The maximum absolute atomic E-state index is 14.6. The zero-order chi connectivity index (χ0) is 25.4. The maximum atomic E-state index is 14.6. The van der Waals surface area contributed by atoms with Gasteiger partial charge < -0.3 is 14.8 Å². The molecule has 3 aromatic heterocycles. The number of carbonyl (C=O) groups excluding carboxylic acids is 1. The molecular weight excluding hydrogens is 514 g/mol. The number of sulfone groups is 1. The Morgan fingerprint density at radius 1 is 1.31 bits per heavy atom. The van der Waals surface area contributed by atoms with E-state index in [0.717, 1.165) is 23.1 Å². The fourth-order valence-corrected chi connectivity index (χ4v) is 5.75. The average Bonchev–Trinajstić information content (AvgIpc) is 3.32. The number of nitrogens with one attached hydrogen (secondary N) is 1. The number of fused-ring (bicyclic) bond motifs is 2. The van der Waals surface area contributed by atoms with Crippen LogP contribution < -0.4 is 14.8 Å². The molecular formula is C23H18F2N4O5S2. The van der Waals surface area contributed by atoms with Gasteiger partial charge in [-0.15, -0.1) is 0 Å². The molecule has 0 radical (unpaired) electrons. The highest BCUT2D eigenvalue weighted by Crippen LogP contribution is 2.35. The molecule has 1 amide bonds. The normalized spacial score (nSPS) is 16.6. The van der Waals surface area contributed by atoms with Crippen LogP contribution in [0, 0.1) is 5.82 Å². The second kappa shape index (κ2) is 9.39. The molecule has 9 nitrogen and oxygen atoms in total. The van der Waals surface area contributed by atoms with E-state index in [9.17, 15) is 22.0 Å². The van der Waals surface area contributed by atoms with Gasteiger partial charge in [0.05, 0.1) is 42.7 Å². The number of alkyl halides is 1. The molecule has 0 bridgehead atoms. The van der Waals surface area contributed by atoms with Crippen LogP contribution in [0.4, 0.5) is 8.78 Å². The number of nitrogens with zero attached hydrogens (tertiary/aromatic N) is 3. The summed E-state index contributed by atoms with van der Waals surface area (Å²) in [4.78, 5) is 21.0. The third-order valence-electron chi connectivity index (χ3n) is 5.57. The number of hydrogen-bond donors (Lipinski definition) is 1. The Morgan fingerprint density at radius 2 is 2.14 bits per heavy atom. The zero-order valence-electron chi connectivity index (χ0n) is 18.7. The molecule has 1 aliphatic rings. The van der Waals surface area contributed by atoms with Crippen molar-refractivity contribution >= 4 is 38.2 Å². The summed E-state index contributed by atoms with van der Waals surface area (Å²) in [6.45, 7) is -0.341. The van der Waals surface area contributed by atoms with Gasteiger partial charge in [-0.2, -0.15) is 4.37 Å². The smallest absolute Gasteiger partial charge is 0.251 e. The number of hydrogen-bond acceptors (Lipinski definition) is 9. The van der Waals surface area contributed by atoms with Crippen molar-refractivity contribution in [1.82, 2.24) is 19.7 Å². The van der Waals surface area contributed by atoms with Crippen LogP contribution in [0.2, 0.25) is 0 Å². The van der Waals surface area contributed by atoms with Gasteiger partial charge in [0.1, 0.15) is 4.90 Å². The number of ether oxygens (including phenoxy) is 2. The van der Waals surface area contributed by atoms with Crippen LogP contribution >= 0.6 is 11.5 Å². The van der Waals surface area contributed by atoms with E-state index in [0.29, 0.717) is 22.8 Å². The Labute approximate surface area is 208 Å². The average molecular weight is 533 g/mol. The first-order chi connectivity index (χ1) is 17.3. The van der Waals surface area contributed by atoms with Gasteiger partial charge >= 0.3 is 0 Å². The van der Waals surface area contributed by atoms with E-state index >= 15 is 0 Å². The van der Waals surface area contributed by atoms with Crippen LogP contribution in [0.3, 0.4) is 0 Å². The van der Waals surface area contributed by atoms with Crippen LogP contribution in [0.15, 0.2) is 46.8 Å². The first-order valence-electron chi connectivity index (χ1n) is 10.6. The van der Waals surface area contributed by atoms with E-state index < -0.39 is 44.1 Å². The van der Waals surface area contributed by atoms with E-state index in [1.165, 1.54) is 18.6 Å². The summed E-state index contributed by atoms with van der Waals surface area (Å²) in [7, 11) is -2.97. The van der Waals surface area contributed by atoms with E-state index in [4.69, 9.17) is 9.47 Å². The van der Waals surface area contributed by atoms with Crippen molar-refractivity contribution in [3.8, 4) is 22.9 Å². The van der Waals surface area contributed by atoms with Crippen molar-refractivity contribution in [2.24, 2.45) is 0 Å². The van der Waals surface area contributed by atoms with Crippen LogP contribution in [-0.2, 0) is 16.4 Å². The van der Waals surface area contributed by atoms with Gasteiger partial charge in [-0.1, -0.05) is 0 Å². The molecule has 1 atom stereocenters. The Balaban J connectivity index is 1.39. The first kappa shape index (κ1) is 24.0. The lowest BCUT2D eigenvalue weighted by Crippen LogP contribution is -2.24. The molecule has 0 unspecified atom stereocenters. The van der Waals surface area contributed by atoms with Gasteiger partial charge in [-0.05, 0) is 41.9 Å².